The summed E-state index contributed by atoms with van der Waals surface area (Å²) >= 11 is 0. The summed E-state index contributed by atoms with van der Waals surface area (Å²) in [5.41, 5.74) is 0.525. The van der Waals surface area contributed by atoms with Gasteiger partial charge < -0.3 is 15.2 Å². The Morgan fingerprint density at radius 1 is 1.09 bits per heavy atom. The zero-order valence-electron chi connectivity index (χ0n) is 13.2. The van der Waals surface area contributed by atoms with Crippen LogP contribution < -0.4 is 10.1 Å². The Morgan fingerprint density at radius 2 is 1.87 bits per heavy atom. The first-order chi connectivity index (χ1) is 11.1. The molecule has 0 aliphatic heterocycles. The minimum absolute atomic E-state index is 0.222. The fourth-order valence-corrected chi connectivity index (χ4v) is 3.59. The molecular formula is C18H23NO4. The van der Waals surface area contributed by atoms with Crippen LogP contribution in [0.3, 0.4) is 0 Å². The van der Waals surface area contributed by atoms with Crippen LogP contribution in [0.15, 0.2) is 24.3 Å². The highest BCUT2D eigenvalue weighted by Crippen LogP contribution is 2.27. The van der Waals surface area contributed by atoms with Gasteiger partial charge in [0.05, 0.1) is 12.0 Å². The fraction of sp³-hybridized carbons (Fsp3) is 0.556. The number of benzene rings is 1. The summed E-state index contributed by atoms with van der Waals surface area (Å²) in [7, 11) is 0. The second kappa shape index (κ2) is 7.02. The number of carbonyl (C=O) groups is 2. The molecule has 2 saturated carbocycles. The monoisotopic (exact) mass is 317 g/mol. The van der Waals surface area contributed by atoms with E-state index in [1.807, 2.05) is 12.1 Å². The maximum absolute atomic E-state index is 12.4. The summed E-state index contributed by atoms with van der Waals surface area (Å²) in [5, 5.41) is 12.1. The Balaban J connectivity index is 1.63. The van der Waals surface area contributed by atoms with Crippen LogP contribution >= 0.6 is 0 Å². The van der Waals surface area contributed by atoms with E-state index in [2.05, 4.69) is 5.32 Å². The average Bonchev–Trinajstić information content (AvgIpc) is 3.19. The maximum atomic E-state index is 12.4. The molecule has 2 fully saturated rings. The minimum Gasteiger partial charge on any atom is -0.490 e. The summed E-state index contributed by atoms with van der Waals surface area (Å²) in [6, 6.07) is 6.88. The zero-order chi connectivity index (χ0) is 16.2. The van der Waals surface area contributed by atoms with Crippen LogP contribution in [0.5, 0.6) is 5.75 Å². The van der Waals surface area contributed by atoms with Crippen molar-refractivity contribution >= 4 is 11.9 Å². The van der Waals surface area contributed by atoms with E-state index in [9.17, 15) is 14.7 Å². The van der Waals surface area contributed by atoms with Gasteiger partial charge in [0.15, 0.2) is 0 Å². The topological polar surface area (TPSA) is 75.6 Å². The zero-order valence-corrected chi connectivity index (χ0v) is 13.2. The predicted octanol–water partition coefficient (Wildman–Crippen LogP) is 2.99. The fourth-order valence-electron chi connectivity index (χ4n) is 3.59. The third kappa shape index (κ3) is 3.84. The van der Waals surface area contributed by atoms with Crippen LogP contribution in [0.2, 0.25) is 0 Å². The highest BCUT2D eigenvalue weighted by Gasteiger charge is 2.34. The van der Waals surface area contributed by atoms with Gasteiger partial charge in [-0.1, -0.05) is 12.5 Å². The van der Waals surface area contributed by atoms with Crippen LogP contribution in [-0.2, 0) is 4.79 Å². The van der Waals surface area contributed by atoms with Crippen molar-refractivity contribution in [1.82, 2.24) is 5.32 Å². The van der Waals surface area contributed by atoms with E-state index in [-0.39, 0.29) is 18.1 Å². The Labute approximate surface area is 136 Å². The molecule has 0 bridgehead atoms. The van der Waals surface area contributed by atoms with Crippen molar-refractivity contribution in [2.24, 2.45) is 5.92 Å². The van der Waals surface area contributed by atoms with Gasteiger partial charge in [-0.25, -0.2) is 0 Å². The third-order valence-electron chi connectivity index (χ3n) is 4.85. The highest BCUT2D eigenvalue weighted by molar-refractivity contribution is 5.95. The quantitative estimate of drug-likeness (QED) is 0.875. The van der Waals surface area contributed by atoms with E-state index in [1.165, 1.54) is 12.8 Å². The third-order valence-corrected chi connectivity index (χ3v) is 4.85. The summed E-state index contributed by atoms with van der Waals surface area (Å²) < 4.78 is 5.92. The number of hydrogen-bond acceptors (Lipinski definition) is 3. The predicted molar refractivity (Wildman–Crippen MR) is 85.6 cm³/mol. The van der Waals surface area contributed by atoms with Crippen molar-refractivity contribution in [1.29, 1.82) is 0 Å². The molecule has 2 aliphatic rings. The number of carbonyl (C=O) groups excluding carboxylic acids is 1. The maximum Gasteiger partial charge on any atom is 0.308 e. The van der Waals surface area contributed by atoms with E-state index in [1.54, 1.807) is 12.1 Å². The summed E-state index contributed by atoms with van der Waals surface area (Å²) in [6.45, 7) is 0. The van der Waals surface area contributed by atoms with Crippen LogP contribution in [0.1, 0.15) is 55.3 Å². The smallest absolute Gasteiger partial charge is 0.308 e. The number of hydrogen-bond donors (Lipinski definition) is 2. The van der Waals surface area contributed by atoms with E-state index >= 15 is 0 Å². The minimum atomic E-state index is -0.828. The van der Waals surface area contributed by atoms with Crippen LogP contribution in [0.4, 0.5) is 0 Å². The first kappa shape index (κ1) is 15.8. The van der Waals surface area contributed by atoms with E-state index in [0.717, 1.165) is 25.7 Å². The molecule has 124 valence electrons. The second-order valence-corrected chi connectivity index (χ2v) is 6.51. The number of carboxylic acid groups (broad SMARTS) is 1. The van der Waals surface area contributed by atoms with Crippen molar-refractivity contribution in [2.45, 2.75) is 57.1 Å². The molecule has 1 aromatic carbocycles. The lowest BCUT2D eigenvalue weighted by atomic mass is 10.0. The number of carboxylic acids is 1. The Morgan fingerprint density at radius 3 is 2.61 bits per heavy atom. The standard InChI is InChI=1S/C18H23NO4/c20-17(19-16-10-4-9-15(16)18(21)22)12-5-3-8-14(11-12)23-13-6-1-2-7-13/h3,5,8,11,13,15-16H,1-2,4,6-7,9-10H2,(H,19,20)(H,21,22)/t15-,16+/m1/s1. The molecule has 0 radical (unpaired) electrons. The normalized spacial score (nSPS) is 24.5. The van der Waals surface area contributed by atoms with Crippen molar-refractivity contribution in [3.05, 3.63) is 29.8 Å². The van der Waals surface area contributed by atoms with Gasteiger partial charge in [0.2, 0.25) is 0 Å². The number of ether oxygens (including phenoxy) is 1. The Bertz CT molecular complexity index is 580. The van der Waals surface area contributed by atoms with Crippen LogP contribution in [0, 0.1) is 5.92 Å². The molecule has 5 nitrogen and oxygen atoms in total. The Kier molecular flexibility index (Phi) is 4.84. The molecule has 5 heteroatoms. The molecule has 3 rings (SSSR count). The van der Waals surface area contributed by atoms with Gasteiger partial charge in [-0.05, 0) is 56.7 Å². The molecule has 0 unspecified atom stereocenters. The first-order valence-electron chi connectivity index (χ1n) is 8.44. The lowest BCUT2D eigenvalue weighted by molar-refractivity contribution is -0.142. The Hall–Kier alpha value is -2.04. The molecule has 1 amide bonds. The van der Waals surface area contributed by atoms with Crippen LogP contribution in [-0.4, -0.2) is 29.1 Å². The first-order valence-corrected chi connectivity index (χ1v) is 8.44. The number of aliphatic carboxylic acids is 1. The van der Waals surface area contributed by atoms with Crippen molar-refractivity contribution < 1.29 is 19.4 Å². The number of amides is 1. The van der Waals surface area contributed by atoms with Crippen LogP contribution in [0.25, 0.3) is 0 Å². The second-order valence-electron chi connectivity index (χ2n) is 6.51. The largest absolute Gasteiger partial charge is 0.490 e. The van der Waals surface area contributed by atoms with E-state index in [0.29, 0.717) is 17.7 Å². The summed E-state index contributed by atoms with van der Waals surface area (Å²) in [4.78, 5) is 23.6. The average molecular weight is 317 g/mol. The molecule has 0 spiro atoms. The molecule has 2 N–H and O–H groups in total. The molecule has 2 aliphatic carbocycles. The SMILES string of the molecule is O=C(N[C@H]1CCC[C@H]1C(=O)O)c1cccc(OC2CCCC2)c1. The highest BCUT2D eigenvalue weighted by atomic mass is 16.5. The summed E-state index contributed by atoms with van der Waals surface area (Å²) in [6.07, 6.45) is 6.97. The van der Waals surface area contributed by atoms with Crippen molar-refractivity contribution in [2.75, 3.05) is 0 Å². The summed E-state index contributed by atoms with van der Waals surface area (Å²) in [5.74, 6) is -0.811. The molecule has 0 aromatic heterocycles. The van der Waals surface area contributed by atoms with Gasteiger partial charge >= 0.3 is 5.97 Å². The van der Waals surface area contributed by atoms with E-state index in [4.69, 9.17) is 4.74 Å². The van der Waals surface area contributed by atoms with Gasteiger partial charge in [-0.3, -0.25) is 9.59 Å². The van der Waals surface area contributed by atoms with E-state index < -0.39 is 11.9 Å². The van der Waals surface area contributed by atoms with Crippen molar-refractivity contribution in [3.63, 3.8) is 0 Å². The molecule has 0 heterocycles. The van der Waals surface area contributed by atoms with Gasteiger partial charge in [0, 0.05) is 11.6 Å². The molecular weight excluding hydrogens is 294 g/mol. The van der Waals surface area contributed by atoms with Gasteiger partial charge in [-0.2, -0.15) is 0 Å². The molecule has 0 saturated heterocycles. The number of rotatable bonds is 5. The molecule has 2 atom stereocenters. The lowest BCUT2D eigenvalue weighted by Crippen LogP contribution is -2.40. The lowest BCUT2D eigenvalue weighted by Gasteiger charge is -2.18. The van der Waals surface area contributed by atoms with Gasteiger partial charge in [-0.15, -0.1) is 0 Å². The van der Waals surface area contributed by atoms with Gasteiger partial charge in [0.1, 0.15) is 5.75 Å². The number of nitrogens with one attached hydrogen (secondary N) is 1. The molecule has 1 aromatic rings. The molecule has 23 heavy (non-hydrogen) atoms. The van der Waals surface area contributed by atoms with Gasteiger partial charge in [0.25, 0.3) is 5.91 Å². The van der Waals surface area contributed by atoms with Crippen molar-refractivity contribution in [3.8, 4) is 5.75 Å².